The number of benzene rings is 2. The normalized spacial score (nSPS) is 11.4. The van der Waals surface area contributed by atoms with Gasteiger partial charge in [0.25, 0.3) is 5.56 Å². The molecule has 0 saturated heterocycles. The van der Waals surface area contributed by atoms with Gasteiger partial charge >= 0.3 is 0 Å². The maximum Gasteiger partial charge on any atom is 0.277 e. The molecular weight excluding hydrogens is 354 g/mol. The molecule has 7 nitrogen and oxygen atoms in total. The second-order valence-electron chi connectivity index (χ2n) is 6.99. The second kappa shape index (κ2) is 7.26. The number of aryl methyl sites for hydroxylation is 1. The first-order valence-corrected chi connectivity index (χ1v) is 9.26. The van der Waals surface area contributed by atoms with Crippen LogP contribution in [0.2, 0.25) is 0 Å². The molecule has 2 heterocycles. The highest BCUT2D eigenvalue weighted by atomic mass is 16.2. The van der Waals surface area contributed by atoms with E-state index in [1.807, 2.05) is 30.5 Å². The minimum atomic E-state index is -0.241. The van der Waals surface area contributed by atoms with Gasteiger partial charge in [0.05, 0.1) is 23.1 Å². The summed E-state index contributed by atoms with van der Waals surface area (Å²) in [6, 6.07) is 15.2. The third kappa shape index (κ3) is 3.26. The van der Waals surface area contributed by atoms with Crippen molar-refractivity contribution in [1.82, 2.24) is 19.6 Å². The van der Waals surface area contributed by atoms with Crippen LogP contribution in [0.1, 0.15) is 26.3 Å². The number of aromatic nitrogens is 4. The Balaban J connectivity index is 1.51. The fourth-order valence-corrected chi connectivity index (χ4v) is 3.34. The number of nitrogens with zero attached hydrogens (tertiary/aromatic N) is 4. The van der Waals surface area contributed by atoms with Crippen molar-refractivity contribution in [2.24, 2.45) is 0 Å². The maximum absolute atomic E-state index is 12.5. The van der Waals surface area contributed by atoms with E-state index < -0.39 is 0 Å². The molecule has 1 N–H and O–H groups in total. The van der Waals surface area contributed by atoms with Crippen molar-refractivity contribution >= 4 is 33.4 Å². The standard InChI is InChI=1S/C21H21N5O2/c1-14(2)25-12-10-15-17(8-5-9-19(15)25)22-20(27)11-13-26-21(28)16-6-3-4-7-18(16)23-24-26/h3-10,12,14H,11,13H2,1-2H3,(H,22,27). The predicted octanol–water partition coefficient (Wildman–Crippen LogP) is 3.36. The fraction of sp³-hybridized carbons (Fsp3) is 0.238. The van der Waals surface area contributed by atoms with Crippen LogP contribution in [0.15, 0.2) is 59.5 Å². The first kappa shape index (κ1) is 17.9. The number of hydrogen-bond acceptors (Lipinski definition) is 4. The summed E-state index contributed by atoms with van der Waals surface area (Å²) in [5.74, 6) is -0.174. The van der Waals surface area contributed by atoms with E-state index in [-0.39, 0.29) is 24.4 Å². The van der Waals surface area contributed by atoms with E-state index in [1.54, 1.807) is 24.3 Å². The topological polar surface area (TPSA) is 81.8 Å². The van der Waals surface area contributed by atoms with Gasteiger partial charge in [-0.2, -0.15) is 0 Å². The second-order valence-corrected chi connectivity index (χ2v) is 6.99. The minimum Gasteiger partial charge on any atom is -0.345 e. The van der Waals surface area contributed by atoms with Gasteiger partial charge in [0.1, 0.15) is 5.52 Å². The highest BCUT2D eigenvalue weighted by molar-refractivity contribution is 6.01. The van der Waals surface area contributed by atoms with E-state index in [1.165, 1.54) is 4.68 Å². The van der Waals surface area contributed by atoms with Crippen molar-refractivity contribution in [3.8, 4) is 0 Å². The van der Waals surface area contributed by atoms with Crippen LogP contribution < -0.4 is 10.9 Å². The average Bonchev–Trinajstić information content (AvgIpc) is 3.13. The highest BCUT2D eigenvalue weighted by Crippen LogP contribution is 2.26. The molecule has 2 aromatic carbocycles. The Kier molecular flexibility index (Phi) is 4.65. The zero-order valence-corrected chi connectivity index (χ0v) is 15.8. The molecule has 1 amide bonds. The number of carbonyl (C=O) groups excluding carboxylic acids is 1. The van der Waals surface area contributed by atoms with Crippen LogP contribution in [0.3, 0.4) is 0 Å². The molecular formula is C21H21N5O2. The number of hydrogen-bond donors (Lipinski definition) is 1. The van der Waals surface area contributed by atoms with Gasteiger partial charge in [0.15, 0.2) is 0 Å². The lowest BCUT2D eigenvalue weighted by molar-refractivity contribution is -0.116. The van der Waals surface area contributed by atoms with Crippen LogP contribution in [0, 0.1) is 0 Å². The summed E-state index contributed by atoms with van der Waals surface area (Å²) in [4.78, 5) is 24.9. The lowest BCUT2D eigenvalue weighted by Gasteiger charge is -2.11. The minimum absolute atomic E-state index is 0.133. The van der Waals surface area contributed by atoms with Crippen molar-refractivity contribution in [1.29, 1.82) is 0 Å². The first-order valence-electron chi connectivity index (χ1n) is 9.26. The fourth-order valence-electron chi connectivity index (χ4n) is 3.34. The van der Waals surface area contributed by atoms with Crippen LogP contribution >= 0.6 is 0 Å². The van der Waals surface area contributed by atoms with Gasteiger partial charge in [-0.15, -0.1) is 5.10 Å². The van der Waals surface area contributed by atoms with Crippen molar-refractivity contribution in [3.05, 3.63) is 65.1 Å². The van der Waals surface area contributed by atoms with Crippen molar-refractivity contribution in [3.63, 3.8) is 0 Å². The predicted molar refractivity (Wildman–Crippen MR) is 109 cm³/mol. The molecule has 28 heavy (non-hydrogen) atoms. The van der Waals surface area contributed by atoms with Crippen LogP contribution in [0.5, 0.6) is 0 Å². The molecule has 4 aromatic rings. The average molecular weight is 375 g/mol. The number of rotatable bonds is 5. The zero-order chi connectivity index (χ0) is 19.7. The number of carbonyl (C=O) groups is 1. The lowest BCUT2D eigenvalue weighted by atomic mass is 10.2. The third-order valence-corrected chi connectivity index (χ3v) is 4.77. The Morgan fingerprint density at radius 3 is 2.71 bits per heavy atom. The van der Waals surface area contributed by atoms with Gasteiger partial charge in [-0.3, -0.25) is 9.59 Å². The van der Waals surface area contributed by atoms with E-state index in [9.17, 15) is 9.59 Å². The molecule has 0 unspecified atom stereocenters. The molecule has 0 atom stereocenters. The zero-order valence-electron chi connectivity index (χ0n) is 15.8. The quantitative estimate of drug-likeness (QED) is 0.580. The number of anilines is 1. The Labute approximate surface area is 161 Å². The molecule has 0 aliphatic rings. The van der Waals surface area contributed by atoms with Crippen LogP contribution in [0.4, 0.5) is 5.69 Å². The molecule has 7 heteroatoms. The van der Waals surface area contributed by atoms with Crippen LogP contribution in [0.25, 0.3) is 21.8 Å². The van der Waals surface area contributed by atoms with Gasteiger partial charge in [0.2, 0.25) is 5.91 Å². The number of fused-ring (bicyclic) bond motifs is 2. The van der Waals surface area contributed by atoms with Gasteiger partial charge < -0.3 is 9.88 Å². The summed E-state index contributed by atoms with van der Waals surface area (Å²) in [6.45, 7) is 4.41. The van der Waals surface area contributed by atoms with E-state index >= 15 is 0 Å². The Hall–Kier alpha value is -3.48. The third-order valence-electron chi connectivity index (χ3n) is 4.77. The molecule has 0 aliphatic carbocycles. The summed E-state index contributed by atoms with van der Waals surface area (Å²) in [5.41, 5.74) is 2.15. The van der Waals surface area contributed by atoms with Crippen LogP contribution in [-0.2, 0) is 11.3 Å². The lowest BCUT2D eigenvalue weighted by Crippen LogP contribution is -2.26. The van der Waals surface area contributed by atoms with E-state index in [2.05, 4.69) is 34.0 Å². The maximum atomic E-state index is 12.5. The van der Waals surface area contributed by atoms with Crippen LogP contribution in [-0.4, -0.2) is 25.5 Å². The number of amides is 1. The monoisotopic (exact) mass is 375 g/mol. The Morgan fingerprint density at radius 1 is 1.07 bits per heavy atom. The number of nitrogens with one attached hydrogen (secondary N) is 1. The Bertz CT molecular complexity index is 1220. The van der Waals surface area contributed by atoms with Crippen molar-refractivity contribution in [2.45, 2.75) is 32.9 Å². The molecule has 4 rings (SSSR count). The van der Waals surface area contributed by atoms with E-state index in [0.29, 0.717) is 16.9 Å². The van der Waals surface area contributed by atoms with Gasteiger partial charge in [-0.05, 0) is 44.2 Å². The molecule has 0 fully saturated rings. The summed E-state index contributed by atoms with van der Waals surface area (Å²) < 4.78 is 3.40. The summed E-state index contributed by atoms with van der Waals surface area (Å²) >= 11 is 0. The highest BCUT2D eigenvalue weighted by Gasteiger charge is 2.11. The largest absolute Gasteiger partial charge is 0.345 e. The molecule has 142 valence electrons. The van der Waals surface area contributed by atoms with Gasteiger partial charge in [0, 0.05) is 24.0 Å². The Morgan fingerprint density at radius 2 is 1.89 bits per heavy atom. The summed E-state index contributed by atoms with van der Waals surface area (Å²) in [7, 11) is 0. The van der Waals surface area contributed by atoms with Crippen molar-refractivity contribution < 1.29 is 4.79 Å². The summed E-state index contributed by atoms with van der Waals surface area (Å²) in [6.07, 6.45) is 2.16. The SMILES string of the molecule is CC(C)n1ccc2c(NC(=O)CCn3nnc4ccccc4c3=O)cccc21. The first-order chi connectivity index (χ1) is 13.5. The molecule has 0 bridgehead atoms. The molecule has 0 spiro atoms. The molecule has 2 aromatic heterocycles. The van der Waals surface area contributed by atoms with Gasteiger partial charge in [-0.25, -0.2) is 4.68 Å². The molecule has 0 aliphatic heterocycles. The van der Waals surface area contributed by atoms with Crippen molar-refractivity contribution in [2.75, 3.05) is 5.32 Å². The van der Waals surface area contributed by atoms with E-state index in [0.717, 1.165) is 16.6 Å². The summed E-state index contributed by atoms with van der Waals surface area (Å²) in [5, 5.41) is 12.4. The van der Waals surface area contributed by atoms with Gasteiger partial charge in [-0.1, -0.05) is 23.4 Å². The smallest absolute Gasteiger partial charge is 0.277 e. The van der Waals surface area contributed by atoms with E-state index in [4.69, 9.17) is 0 Å². The molecule has 0 saturated carbocycles. The molecule has 0 radical (unpaired) electrons.